The molecular weight excluding hydrogens is 546 g/mol. The van der Waals surface area contributed by atoms with E-state index < -0.39 is 33.4 Å². The molecule has 0 aliphatic carbocycles. The molecule has 3 heterocycles. The van der Waals surface area contributed by atoms with Crippen LogP contribution in [-0.4, -0.2) is 80.4 Å². The number of benzene rings is 1. The lowest BCUT2D eigenvalue weighted by molar-refractivity contribution is -0.147. The van der Waals surface area contributed by atoms with E-state index in [0.717, 1.165) is 36.1 Å². The van der Waals surface area contributed by atoms with Gasteiger partial charge in [0.25, 0.3) is 5.91 Å². The molecule has 7 atom stereocenters. The number of carbonyl (C=O) groups is 3. The quantitative estimate of drug-likeness (QED) is 0.320. The highest BCUT2D eigenvalue weighted by Gasteiger charge is 2.78. The second kappa shape index (κ2) is 12.6. The molecule has 2 bridgehead atoms. The summed E-state index contributed by atoms with van der Waals surface area (Å²) < 4.78 is -1.21. The van der Waals surface area contributed by atoms with Crippen LogP contribution in [0.1, 0.15) is 64.5 Å². The molecule has 1 aromatic rings. The van der Waals surface area contributed by atoms with Crippen LogP contribution in [0.15, 0.2) is 43.5 Å². The van der Waals surface area contributed by atoms with Gasteiger partial charge in [0, 0.05) is 30.1 Å². The molecule has 230 valence electrons. The molecule has 3 fully saturated rings. The molecule has 0 aromatic heterocycles. The van der Waals surface area contributed by atoms with Gasteiger partial charge < -0.3 is 19.8 Å². The number of thioether (sulfide) groups is 1. The maximum Gasteiger partial charge on any atom is 0.251 e. The van der Waals surface area contributed by atoms with Crippen LogP contribution in [0.5, 0.6) is 0 Å². The smallest absolute Gasteiger partial charge is 0.251 e. The van der Waals surface area contributed by atoms with Gasteiger partial charge in [0.05, 0.1) is 29.2 Å². The summed E-state index contributed by atoms with van der Waals surface area (Å²) in [5.74, 6) is -1.56. The molecule has 3 aliphatic rings. The highest BCUT2D eigenvalue weighted by Crippen LogP contribution is 2.72. The first-order valence-corrected chi connectivity index (χ1v) is 16.3. The maximum absolute atomic E-state index is 15.1. The van der Waals surface area contributed by atoms with Crippen LogP contribution in [0.2, 0.25) is 0 Å². The van der Waals surface area contributed by atoms with Gasteiger partial charge in [-0.25, -0.2) is 0 Å². The third kappa shape index (κ3) is 5.02. The fourth-order valence-corrected chi connectivity index (χ4v) is 10.2. The predicted molar refractivity (Wildman–Crippen MR) is 171 cm³/mol. The summed E-state index contributed by atoms with van der Waals surface area (Å²) in [4.78, 5) is 49.4. The Morgan fingerprint density at radius 2 is 1.79 bits per heavy atom. The Morgan fingerprint density at radius 1 is 1.14 bits per heavy atom. The van der Waals surface area contributed by atoms with E-state index in [1.165, 1.54) is 0 Å². The molecular formula is C34H49N3O4S. The summed E-state index contributed by atoms with van der Waals surface area (Å²) in [7, 11) is 0. The number of likely N-dealkylation sites (tertiary alicyclic amines) is 1. The van der Waals surface area contributed by atoms with Gasteiger partial charge in [0.2, 0.25) is 11.8 Å². The predicted octanol–water partition coefficient (Wildman–Crippen LogP) is 5.14. The highest BCUT2D eigenvalue weighted by atomic mass is 32.2. The van der Waals surface area contributed by atoms with Gasteiger partial charge >= 0.3 is 0 Å². The van der Waals surface area contributed by atoms with E-state index in [0.29, 0.717) is 26.1 Å². The molecule has 1 N–H and O–H groups in total. The van der Waals surface area contributed by atoms with Crippen molar-refractivity contribution in [1.82, 2.24) is 9.80 Å². The number of anilines is 1. The first-order valence-electron chi connectivity index (χ1n) is 15.5. The van der Waals surface area contributed by atoms with Gasteiger partial charge in [-0.1, -0.05) is 57.5 Å². The summed E-state index contributed by atoms with van der Waals surface area (Å²) >= 11 is 1.68. The van der Waals surface area contributed by atoms with Gasteiger partial charge in [-0.2, -0.15) is 0 Å². The van der Waals surface area contributed by atoms with Crippen molar-refractivity contribution in [3.8, 4) is 0 Å². The van der Waals surface area contributed by atoms with Crippen molar-refractivity contribution in [1.29, 1.82) is 0 Å². The minimum Gasteiger partial charge on any atom is -0.394 e. The van der Waals surface area contributed by atoms with E-state index in [4.69, 9.17) is 0 Å². The number of carbonyl (C=O) groups excluding carboxylic acids is 3. The Hall–Kier alpha value is -2.58. The van der Waals surface area contributed by atoms with E-state index in [1.807, 2.05) is 57.7 Å². The van der Waals surface area contributed by atoms with Gasteiger partial charge in [-0.05, 0) is 57.1 Å². The number of rotatable bonds is 13. The van der Waals surface area contributed by atoms with Crippen molar-refractivity contribution in [3.63, 3.8) is 0 Å². The average molecular weight is 596 g/mol. The average Bonchev–Trinajstić information content (AvgIpc) is 3.52. The second-order valence-electron chi connectivity index (χ2n) is 12.7. The molecule has 3 aliphatic heterocycles. The fourth-order valence-electron chi connectivity index (χ4n) is 7.90. The summed E-state index contributed by atoms with van der Waals surface area (Å²) in [6, 6.07) is 4.64. The first kappa shape index (κ1) is 32.3. The van der Waals surface area contributed by atoms with E-state index in [1.54, 1.807) is 33.7 Å². The van der Waals surface area contributed by atoms with E-state index in [2.05, 4.69) is 20.1 Å². The van der Waals surface area contributed by atoms with Crippen LogP contribution < -0.4 is 4.90 Å². The molecule has 3 saturated heterocycles. The second-order valence-corrected chi connectivity index (χ2v) is 14.6. The van der Waals surface area contributed by atoms with Crippen molar-refractivity contribution in [2.75, 3.05) is 31.1 Å². The molecule has 0 saturated carbocycles. The maximum atomic E-state index is 15.1. The number of aliphatic hydroxyl groups is 1. The number of para-hydroxylation sites is 1. The summed E-state index contributed by atoms with van der Waals surface area (Å²) in [5.41, 5.74) is 2.77. The van der Waals surface area contributed by atoms with E-state index in [9.17, 15) is 14.7 Å². The number of amides is 3. The molecule has 2 unspecified atom stereocenters. The zero-order valence-electron chi connectivity index (χ0n) is 26.3. The third-order valence-electron chi connectivity index (χ3n) is 10.0. The zero-order chi connectivity index (χ0) is 31.0. The van der Waals surface area contributed by atoms with Gasteiger partial charge in [-0.3, -0.25) is 14.4 Å². The number of aryl methyl sites for hydroxylation is 2. The van der Waals surface area contributed by atoms with Crippen LogP contribution in [0.25, 0.3) is 0 Å². The number of hydrogen-bond acceptors (Lipinski definition) is 5. The Morgan fingerprint density at radius 3 is 2.33 bits per heavy atom. The Balaban J connectivity index is 1.90. The molecule has 4 rings (SSSR count). The molecule has 0 radical (unpaired) electrons. The molecule has 42 heavy (non-hydrogen) atoms. The normalized spacial score (nSPS) is 29.3. The number of fused-ring (bicyclic) bond motifs is 1. The Bertz CT molecular complexity index is 1210. The van der Waals surface area contributed by atoms with Crippen molar-refractivity contribution < 1.29 is 19.5 Å². The van der Waals surface area contributed by atoms with E-state index in [-0.39, 0.29) is 30.2 Å². The minimum absolute atomic E-state index is 0.0261. The minimum atomic E-state index is -0.802. The molecule has 8 heteroatoms. The topological polar surface area (TPSA) is 81.2 Å². The first-order chi connectivity index (χ1) is 20.0. The molecule has 7 nitrogen and oxygen atoms in total. The van der Waals surface area contributed by atoms with Crippen molar-refractivity contribution in [2.24, 2.45) is 17.8 Å². The molecule has 1 aromatic carbocycles. The van der Waals surface area contributed by atoms with Gasteiger partial charge in [0.15, 0.2) is 0 Å². The molecule has 1 spiro atoms. The summed E-state index contributed by atoms with van der Waals surface area (Å²) in [5, 5.41) is 10.7. The fraction of sp³-hybridized carbons (Fsp3) is 0.618. The number of aliphatic hydroxyl groups excluding tert-OH is 1. The third-order valence-corrected chi connectivity index (χ3v) is 12.0. The van der Waals surface area contributed by atoms with Crippen LogP contribution in [0, 0.1) is 31.6 Å². The van der Waals surface area contributed by atoms with Crippen LogP contribution in [-0.2, 0) is 14.4 Å². The van der Waals surface area contributed by atoms with Crippen molar-refractivity contribution in [2.45, 2.75) is 88.8 Å². The zero-order valence-corrected chi connectivity index (χ0v) is 27.1. The Labute approximate surface area is 256 Å². The number of nitrogens with zero attached hydrogens (tertiary/aromatic N) is 3. The monoisotopic (exact) mass is 595 g/mol. The van der Waals surface area contributed by atoms with Gasteiger partial charge in [0.1, 0.15) is 6.04 Å². The number of hydrogen-bond donors (Lipinski definition) is 1. The highest BCUT2D eigenvalue weighted by molar-refractivity contribution is 8.02. The van der Waals surface area contributed by atoms with Crippen LogP contribution >= 0.6 is 11.8 Å². The lowest BCUT2D eigenvalue weighted by atomic mass is 9.66. The van der Waals surface area contributed by atoms with E-state index >= 15 is 4.79 Å². The summed E-state index contributed by atoms with van der Waals surface area (Å²) in [6.45, 7) is 21.1. The standard InChI is InChI=1S/C34H49N3O4S/c1-9-18-35(19-10-2)30(39)26-27-31(40)37(25(21-38)22(5)12-4)29(34(27)17-16-33(26,8)42-34)32(41)36(20-11-3)28-23(6)14-13-15-24(28)7/h9,11,13-15,22,25-27,29,38H,1,3,10,12,16-21H2,2,4-8H3/t22-,25-,26-,27-,29?,33+,34?/m0/s1. The lowest BCUT2D eigenvalue weighted by Crippen LogP contribution is -2.59. The SMILES string of the molecule is C=CCN(CCC)C(=O)[C@@H]1[C@H]2C(=O)N([C@@H](CO)[C@@H](C)CC)C(C(=O)N(CC=C)c3c(C)cccc3C)C23CC[C@@]1(C)S3. The van der Waals surface area contributed by atoms with Crippen molar-refractivity contribution in [3.05, 3.63) is 54.6 Å². The van der Waals surface area contributed by atoms with Crippen LogP contribution in [0.3, 0.4) is 0 Å². The largest absolute Gasteiger partial charge is 0.394 e. The molecule has 3 amide bonds. The lowest BCUT2D eigenvalue weighted by Gasteiger charge is -2.41. The summed E-state index contributed by atoms with van der Waals surface area (Å²) in [6.07, 6.45) is 6.44. The van der Waals surface area contributed by atoms with Crippen molar-refractivity contribution >= 4 is 35.2 Å². The van der Waals surface area contributed by atoms with Crippen LogP contribution in [0.4, 0.5) is 5.69 Å². The Kier molecular flexibility index (Phi) is 9.68. The van der Waals surface area contributed by atoms with Gasteiger partial charge in [-0.15, -0.1) is 24.9 Å².